The number of ether oxygens (including phenoxy) is 1. The molecule has 0 bridgehead atoms. The van der Waals surface area contributed by atoms with Gasteiger partial charge in [0.2, 0.25) is 0 Å². The van der Waals surface area contributed by atoms with Crippen molar-refractivity contribution in [2.45, 2.75) is 13.1 Å². The molecule has 0 radical (unpaired) electrons. The molecule has 3 aromatic carbocycles. The lowest BCUT2D eigenvalue weighted by Crippen LogP contribution is -2.39. The number of methoxy groups -OCH3 is 1. The molecule has 0 spiro atoms. The van der Waals surface area contributed by atoms with Crippen LogP contribution in [0.2, 0.25) is 0 Å². The van der Waals surface area contributed by atoms with Crippen LogP contribution in [0.15, 0.2) is 76.3 Å². The van der Waals surface area contributed by atoms with Crippen LogP contribution in [0.25, 0.3) is 10.9 Å². The fourth-order valence-electron chi connectivity index (χ4n) is 3.91. The molecule has 0 aliphatic rings. The average molecular weight is 473 g/mol. The van der Waals surface area contributed by atoms with Gasteiger partial charge in [-0.05, 0) is 53.6 Å². The highest BCUT2D eigenvalue weighted by atomic mass is 16.5. The van der Waals surface area contributed by atoms with E-state index in [2.05, 4.69) is 5.32 Å². The lowest BCUT2D eigenvalue weighted by Gasteiger charge is -2.14. The maximum atomic E-state index is 13.3. The first-order valence-corrected chi connectivity index (χ1v) is 11.2. The van der Waals surface area contributed by atoms with Gasteiger partial charge in [-0.3, -0.25) is 18.7 Å². The van der Waals surface area contributed by atoms with Gasteiger partial charge in [-0.25, -0.2) is 4.79 Å². The molecule has 4 rings (SSSR count). The Bertz CT molecular complexity index is 1480. The number of anilines is 1. The van der Waals surface area contributed by atoms with Gasteiger partial charge in [-0.15, -0.1) is 0 Å². The van der Waals surface area contributed by atoms with Gasteiger partial charge in [0.15, 0.2) is 0 Å². The quantitative estimate of drug-likeness (QED) is 0.447. The number of hydrogen-bond acceptors (Lipinski definition) is 5. The molecule has 180 valence electrons. The van der Waals surface area contributed by atoms with Crippen molar-refractivity contribution >= 4 is 22.5 Å². The van der Waals surface area contributed by atoms with Crippen LogP contribution in [0.5, 0.6) is 5.75 Å². The first kappa shape index (κ1) is 23.8. The Morgan fingerprint density at radius 3 is 2.23 bits per heavy atom. The Morgan fingerprint density at radius 1 is 0.943 bits per heavy atom. The van der Waals surface area contributed by atoms with E-state index in [0.717, 1.165) is 22.6 Å². The largest absolute Gasteiger partial charge is 0.497 e. The summed E-state index contributed by atoms with van der Waals surface area (Å²) in [6.45, 7) is 0.477. The number of amides is 1. The van der Waals surface area contributed by atoms with E-state index in [1.54, 1.807) is 32.4 Å². The highest BCUT2D eigenvalue weighted by Gasteiger charge is 2.14. The number of rotatable bonds is 7. The molecule has 0 aliphatic heterocycles. The van der Waals surface area contributed by atoms with Crippen LogP contribution in [-0.4, -0.2) is 36.2 Å². The fourth-order valence-corrected chi connectivity index (χ4v) is 3.91. The van der Waals surface area contributed by atoms with Crippen molar-refractivity contribution in [3.8, 4) is 5.75 Å². The molecule has 0 fully saturated rings. The number of nitrogens with zero attached hydrogens (tertiary/aromatic N) is 3. The van der Waals surface area contributed by atoms with Crippen molar-refractivity contribution in [3.05, 3.63) is 104 Å². The summed E-state index contributed by atoms with van der Waals surface area (Å²) in [5, 5.41) is 3.18. The summed E-state index contributed by atoms with van der Waals surface area (Å²) in [4.78, 5) is 41.0. The number of aryl methyl sites for hydroxylation is 1. The molecule has 0 atom stereocenters. The predicted octanol–water partition coefficient (Wildman–Crippen LogP) is 2.75. The van der Waals surface area contributed by atoms with E-state index in [9.17, 15) is 14.4 Å². The summed E-state index contributed by atoms with van der Waals surface area (Å²) in [5.74, 6) is 0.437. The molecule has 0 saturated carbocycles. The molecular weight excluding hydrogens is 444 g/mol. The third-order valence-electron chi connectivity index (χ3n) is 6.02. The van der Waals surface area contributed by atoms with Gasteiger partial charge < -0.3 is 15.0 Å². The van der Waals surface area contributed by atoms with Crippen molar-refractivity contribution in [1.82, 2.24) is 14.5 Å². The van der Waals surface area contributed by atoms with Gasteiger partial charge in [-0.1, -0.05) is 24.3 Å². The Labute approximate surface area is 203 Å². The van der Waals surface area contributed by atoms with Crippen LogP contribution in [0.3, 0.4) is 0 Å². The van der Waals surface area contributed by atoms with E-state index in [4.69, 9.17) is 4.74 Å². The van der Waals surface area contributed by atoms with Crippen molar-refractivity contribution in [2.24, 2.45) is 7.05 Å². The second-order valence-electron chi connectivity index (χ2n) is 8.56. The first-order chi connectivity index (χ1) is 16.8. The van der Waals surface area contributed by atoms with E-state index in [0.29, 0.717) is 23.0 Å². The van der Waals surface area contributed by atoms with Crippen LogP contribution < -0.4 is 26.2 Å². The molecule has 4 aromatic rings. The van der Waals surface area contributed by atoms with Crippen LogP contribution in [-0.2, 0) is 20.1 Å². The van der Waals surface area contributed by atoms with Crippen LogP contribution >= 0.6 is 0 Å². The number of benzene rings is 3. The molecule has 1 heterocycles. The van der Waals surface area contributed by atoms with E-state index in [1.165, 1.54) is 9.13 Å². The lowest BCUT2D eigenvalue weighted by atomic mass is 10.1. The summed E-state index contributed by atoms with van der Waals surface area (Å²) in [6.07, 6.45) is 0. The number of hydrogen-bond donors (Lipinski definition) is 1. The highest BCUT2D eigenvalue weighted by Crippen LogP contribution is 2.15. The molecule has 0 unspecified atom stereocenters. The number of aromatic nitrogens is 2. The molecular formula is C27H28N4O4. The Kier molecular flexibility index (Phi) is 6.73. The van der Waals surface area contributed by atoms with Gasteiger partial charge in [0, 0.05) is 38.9 Å². The maximum Gasteiger partial charge on any atom is 0.331 e. The number of nitrogens with one attached hydrogen (secondary N) is 1. The SMILES string of the molecule is COc1ccc(CNC(=O)c2ccc3c(c2)c(=O)n(Cc2ccc(N(C)C)cc2)c(=O)n3C)cc1. The van der Waals surface area contributed by atoms with E-state index in [1.807, 2.05) is 67.5 Å². The summed E-state index contributed by atoms with van der Waals surface area (Å²) in [7, 11) is 7.12. The fraction of sp³-hybridized carbons (Fsp3) is 0.222. The van der Waals surface area contributed by atoms with Crippen LogP contribution in [0.4, 0.5) is 5.69 Å². The third-order valence-corrected chi connectivity index (χ3v) is 6.02. The zero-order valence-corrected chi connectivity index (χ0v) is 20.2. The minimum Gasteiger partial charge on any atom is -0.497 e. The molecule has 0 aliphatic carbocycles. The minimum absolute atomic E-state index is 0.142. The molecule has 8 heteroatoms. The zero-order valence-electron chi connectivity index (χ0n) is 20.2. The van der Waals surface area contributed by atoms with Gasteiger partial charge in [0.25, 0.3) is 11.5 Å². The molecule has 0 saturated heterocycles. The van der Waals surface area contributed by atoms with Crippen molar-refractivity contribution in [3.63, 3.8) is 0 Å². The van der Waals surface area contributed by atoms with Gasteiger partial charge in [-0.2, -0.15) is 0 Å². The second kappa shape index (κ2) is 9.89. The first-order valence-electron chi connectivity index (χ1n) is 11.2. The van der Waals surface area contributed by atoms with Crippen molar-refractivity contribution in [2.75, 3.05) is 26.1 Å². The van der Waals surface area contributed by atoms with E-state index in [-0.39, 0.29) is 12.5 Å². The summed E-state index contributed by atoms with van der Waals surface area (Å²) < 4.78 is 7.79. The Morgan fingerprint density at radius 2 is 1.60 bits per heavy atom. The van der Waals surface area contributed by atoms with Crippen LogP contribution in [0, 0.1) is 0 Å². The number of carbonyl (C=O) groups is 1. The summed E-state index contributed by atoms with van der Waals surface area (Å²) >= 11 is 0. The van der Waals surface area contributed by atoms with Crippen molar-refractivity contribution < 1.29 is 9.53 Å². The number of fused-ring (bicyclic) bond motifs is 1. The smallest absolute Gasteiger partial charge is 0.331 e. The lowest BCUT2D eigenvalue weighted by molar-refractivity contribution is 0.0951. The summed E-state index contributed by atoms with van der Waals surface area (Å²) in [6, 6.07) is 19.9. The Balaban J connectivity index is 1.62. The minimum atomic E-state index is -0.426. The summed E-state index contributed by atoms with van der Waals surface area (Å²) in [5.41, 5.74) is 2.78. The van der Waals surface area contributed by atoms with Gasteiger partial charge >= 0.3 is 5.69 Å². The van der Waals surface area contributed by atoms with Gasteiger partial charge in [0.1, 0.15) is 5.75 Å². The topological polar surface area (TPSA) is 85.6 Å². The molecule has 8 nitrogen and oxygen atoms in total. The van der Waals surface area contributed by atoms with Crippen molar-refractivity contribution in [1.29, 1.82) is 0 Å². The second-order valence-corrected chi connectivity index (χ2v) is 8.56. The van der Waals surface area contributed by atoms with Crippen LogP contribution in [0.1, 0.15) is 21.5 Å². The standard InChI is InChI=1S/C27H28N4O4/c1-29(2)21-10-5-19(6-11-21)17-31-26(33)23-15-20(9-14-24(23)30(3)27(31)34)25(32)28-16-18-7-12-22(35-4)13-8-18/h5-15H,16-17H2,1-4H3,(H,28,32). The predicted molar refractivity (Wildman–Crippen MR) is 137 cm³/mol. The number of carbonyl (C=O) groups excluding carboxylic acids is 1. The zero-order chi connectivity index (χ0) is 25.1. The average Bonchev–Trinajstić information content (AvgIpc) is 2.88. The normalized spacial score (nSPS) is 10.9. The van der Waals surface area contributed by atoms with E-state index < -0.39 is 11.2 Å². The third kappa shape index (κ3) is 4.96. The molecule has 1 N–H and O–H groups in total. The molecule has 1 amide bonds. The molecule has 35 heavy (non-hydrogen) atoms. The molecule has 1 aromatic heterocycles. The monoisotopic (exact) mass is 472 g/mol. The van der Waals surface area contributed by atoms with Gasteiger partial charge in [0.05, 0.1) is 24.6 Å². The van der Waals surface area contributed by atoms with E-state index >= 15 is 0 Å². The maximum absolute atomic E-state index is 13.3. The highest BCUT2D eigenvalue weighted by molar-refractivity contribution is 5.97. The Hall–Kier alpha value is -4.33.